The van der Waals surface area contributed by atoms with Crippen LogP contribution < -0.4 is 5.32 Å². The van der Waals surface area contributed by atoms with Crippen LogP contribution in [0.15, 0.2) is 22.7 Å². The SMILES string of the molecule is Cc1ccc(C(=O)NCC2(CBr)CCCCC2)c(Br)c1. The number of rotatable bonds is 4. The fraction of sp³-hybridized carbons (Fsp3) is 0.562. The first-order valence-electron chi connectivity index (χ1n) is 7.17. The summed E-state index contributed by atoms with van der Waals surface area (Å²) < 4.78 is 0.867. The smallest absolute Gasteiger partial charge is 0.252 e. The van der Waals surface area contributed by atoms with E-state index in [4.69, 9.17) is 0 Å². The third-order valence-corrected chi connectivity index (χ3v) is 6.04. The van der Waals surface area contributed by atoms with Crippen molar-refractivity contribution < 1.29 is 4.79 Å². The molecule has 1 amide bonds. The average Bonchev–Trinajstić information content (AvgIpc) is 2.46. The predicted octanol–water partition coefficient (Wildman–Crippen LogP) is 4.83. The highest BCUT2D eigenvalue weighted by Gasteiger charge is 2.31. The molecule has 0 unspecified atom stereocenters. The van der Waals surface area contributed by atoms with Crippen LogP contribution >= 0.6 is 31.9 Å². The van der Waals surface area contributed by atoms with Gasteiger partial charge < -0.3 is 5.32 Å². The van der Waals surface area contributed by atoms with Crippen molar-refractivity contribution in [3.8, 4) is 0 Å². The molecule has 1 aliphatic carbocycles. The maximum Gasteiger partial charge on any atom is 0.252 e. The second kappa shape index (κ2) is 7.08. The molecule has 1 aromatic carbocycles. The van der Waals surface area contributed by atoms with Gasteiger partial charge in [-0.25, -0.2) is 0 Å². The number of aryl methyl sites for hydroxylation is 1. The Balaban J connectivity index is 2.00. The largest absolute Gasteiger partial charge is 0.351 e. The van der Waals surface area contributed by atoms with Crippen molar-refractivity contribution in [3.63, 3.8) is 0 Å². The topological polar surface area (TPSA) is 29.1 Å². The molecule has 4 heteroatoms. The zero-order valence-corrected chi connectivity index (χ0v) is 15.0. The minimum atomic E-state index is 0.0165. The molecule has 110 valence electrons. The van der Waals surface area contributed by atoms with Crippen LogP contribution in [0.5, 0.6) is 0 Å². The van der Waals surface area contributed by atoms with E-state index in [2.05, 4.69) is 37.2 Å². The van der Waals surface area contributed by atoms with E-state index in [0.717, 1.165) is 27.5 Å². The highest BCUT2D eigenvalue weighted by molar-refractivity contribution is 9.10. The Morgan fingerprint density at radius 2 is 2.00 bits per heavy atom. The number of halogens is 2. The minimum Gasteiger partial charge on any atom is -0.351 e. The summed E-state index contributed by atoms with van der Waals surface area (Å²) in [5.74, 6) is 0.0165. The summed E-state index contributed by atoms with van der Waals surface area (Å²) in [5.41, 5.74) is 2.11. The molecular weight excluding hydrogens is 382 g/mol. The van der Waals surface area contributed by atoms with Gasteiger partial charge in [0.1, 0.15) is 0 Å². The van der Waals surface area contributed by atoms with Crippen molar-refractivity contribution in [2.75, 3.05) is 11.9 Å². The number of nitrogens with one attached hydrogen (secondary N) is 1. The maximum atomic E-state index is 12.3. The molecule has 1 N–H and O–H groups in total. The maximum absolute atomic E-state index is 12.3. The quantitative estimate of drug-likeness (QED) is 0.717. The molecule has 20 heavy (non-hydrogen) atoms. The van der Waals surface area contributed by atoms with Gasteiger partial charge in [-0.05, 0) is 58.8 Å². The zero-order chi connectivity index (χ0) is 14.6. The van der Waals surface area contributed by atoms with Crippen LogP contribution in [0.25, 0.3) is 0 Å². The highest BCUT2D eigenvalue weighted by Crippen LogP contribution is 2.37. The summed E-state index contributed by atoms with van der Waals surface area (Å²) in [4.78, 5) is 12.3. The molecule has 0 aromatic heterocycles. The van der Waals surface area contributed by atoms with Crippen LogP contribution in [0.1, 0.15) is 48.0 Å². The summed E-state index contributed by atoms with van der Waals surface area (Å²) in [6.45, 7) is 2.78. The van der Waals surface area contributed by atoms with Crippen molar-refractivity contribution in [1.82, 2.24) is 5.32 Å². The fourth-order valence-electron chi connectivity index (χ4n) is 2.83. The lowest BCUT2D eigenvalue weighted by atomic mass is 9.75. The Bertz CT molecular complexity index is 481. The van der Waals surface area contributed by atoms with Crippen molar-refractivity contribution in [2.45, 2.75) is 39.0 Å². The Morgan fingerprint density at radius 1 is 1.30 bits per heavy atom. The van der Waals surface area contributed by atoms with E-state index in [1.807, 2.05) is 25.1 Å². The van der Waals surface area contributed by atoms with Crippen LogP contribution in [0, 0.1) is 12.3 Å². The van der Waals surface area contributed by atoms with Crippen molar-refractivity contribution in [3.05, 3.63) is 33.8 Å². The molecule has 2 nitrogen and oxygen atoms in total. The molecule has 1 aliphatic rings. The normalized spacial score (nSPS) is 17.8. The summed E-state index contributed by atoms with van der Waals surface area (Å²) in [6.07, 6.45) is 6.28. The number of hydrogen-bond donors (Lipinski definition) is 1. The van der Waals surface area contributed by atoms with Gasteiger partial charge in [-0.2, -0.15) is 0 Å². The minimum absolute atomic E-state index is 0.0165. The molecule has 0 saturated heterocycles. The first kappa shape index (κ1) is 16.0. The molecule has 2 rings (SSSR count). The van der Waals surface area contributed by atoms with Gasteiger partial charge in [-0.15, -0.1) is 0 Å². The highest BCUT2D eigenvalue weighted by atomic mass is 79.9. The number of alkyl halides is 1. The first-order valence-corrected chi connectivity index (χ1v) is 9.08. The number of carbonyl (C=O) groups is 1. The Hall–Kier alpha value is -0.350. The Labute approximate surface area is 138 Å². The van der Waals surface area contributed by atoms with E-state index in [1.165, 1.54) is 32.1 Å². The predicted molar refractivity (Wildman–Crippen MR) is 90.5 cm³/mol. The second-order valence-electron chi connectivity index (χ2n) is 5.86. The first-order chi connectivity index (χ1) is 9.56. The van der Waals surface area contributed by atoms with Gasteiger partial charge in [-0.1, -0.05) is 41.3 Å². The van der Waals surface area contributed by atoms with Gasteiger partial charge in [0, 0.05) is 16.3 Å². The standard InChI is InChI=1S/C16H21Br2NO/c1-12-5-6-13(14(18)9-12)15(20)19-11-16(10-17)7-3-2-4-8-16/h5-6,9H,2-4,7-8,10-11H2,1H3,(H,19,20). The van der Waals surface area contributed by atoms with Gasteiger partial charge in [0.15, 0.2) is 0 Å². The van der Waals surface area contributed by atoms with Gasteiger partial charge in [0.2, 0.25) is 0 Å². The Kier molecular flexibility index (Phi) is 5.67. The third kappa shape index (κ3) is 3.85. The molecule has 1 aromatic rings. The van der Waals surface area contributed by atoms with E-state index < -0.39 is 0 Å². The molecule has 0 heterocycles. The summed E-state index contributed by atoms with van der Waals surface area (Å²) in [6, 6.07) is 5.84. The van der Waals surface area contributed by atoms with Crippen LogP contribution in [-0.2, 0) is 0 Å². The monoisotopic (exact) mass is 401 g/mol. The molecular formula is C16H21Br2NO. The van der Waals surface area contributed by atoms with E-state index in [-0.39, 0.29) is 11.3 Å². The molecule has 0 atom stereocenters. The number of amides is 1. The van der Waals surface area contributed by atoms with E-state index in [0.29, 0.717) is 0 Å². The lowest BCUT2D eigenvalue weighted by Crippen LogP contribution is -2.40. The van der Waals surface area contributed by atoms with Gasteiger partial charge in [0.05, 0.1) is 5.56 Å². The van der Waals surface area contributed by atoms with E-state index in [1.54, 1.807) is 0 Å². The summed E-state index contributed by atoms with van der Waals surface area (Å²) >= 11 is 7.11. The summed E-state index contributed by atoms with van der Waals surface area (Å²) in [7, 11) is 0. The van der Waals surface area contributed by atoms with Crippen molar-refractivity contribution in [1.29, 1.82) is 0 Å². The van der Waals surface area contributed by atoms with Gasteiger partial charge in [0.25, 0.3) is 5.91 Å². The lowest BCUT2D eigenvalue weighted by Gasteiger charge is -2.35. The molecule has 0 aliphatic heterocycles. The van der Waals surface area contributed by atoms with Crippen molar-refractivity contribution in [2.24, 2.45) is 5.41 Å². The van der Waals surface area contributed by atoms with Crippen LogP contribution in [-0.4, -0.2) is 17.8 Å². The average molecular weight is 403 g/mol. The Morgan fingerprint density at radius 3 is 2.60 bits per heavy atom. The molecule has 0 bridgehead atoms. The lowest BCUT2D eigenvalue weighted by molar-refractivity contribution is 0.0921. The number of benzene rings is 1. The number of carbonyl (C=O) groups excluding carboxylic acids is 1. The van der Waals surface area contributed by atoms with Crippen LogP contribution in [0.3, 0.4) is 0 Å². The molecule has 1 saturated carbocycles. The molecule has 0 spiro atoms. The van der Waals surface area contributed by atoms with Crippen LogP contribution in [0.4, 0.5) is 0 Å². The van der Waals surface area contributed by atoms with Crippen molar-refractivity contribution >= 4 is 37.8 Å². The second-order valence-corrected chi connectivity index (χ2v) is 7.28. The van der Waals surface area contributed by atoms with E-state index >= 15 is 0 Å². The molecule has 0 radical (unpaired) electrons. The van der Waals surface area contributed by atoms with Gasteiger partial charge in [-0.3, -0.25) is 4.79 Å². The zero-order valence-electron chi connectivity index (χ0n) is 11.8. The summed E-state index contributed by atoms with van der Waals surface area (Å²) in [5, 5.41) is 4.09. The molecule has 1 fully saturated rings. The third-order valence-electron chi connectivity index (χ3n) is 4.19. The fourth-order valence-corrected chi connectivity index (χ4v) is 4.26. The van der Waals surface area contributed by atoms with Gasteiger partial charge >= 0.3 is 0 Å². The number of hydrogen-bond acceptors (Lipinski definition) is 1. The van der Waals surface area contributed by atoms with E-state index in [9.17, 15) is 4.79 Å². The van der Waals surface area contributed by atoms with Crippen LogP contribution in [0.2, 0.25) is 0 Å².